The highest BCUT2D eigenvalue weighted by Gasteiger charge is 2.45. The Morgan fingerprint density at radius 1 is 1.38 bits per heavy atom. The first kappa shape index (κ1) is 13.7. The van der Waals surface area contributed by atoms with Crippen LogP contribution in [0.2, 0.25) is 0 Å². The normalized spacial score (nSPS) is 20.4. The summed E-state index contributed by atoms with van der Waals surface area (Å²) in [6.45, 7) is 3.61. The van der Waals surface area contributed by atoms with Crippen LogP contribution in [0, 0.1) is 31.4 Å². The Labute approximate surface area is 120 Å². The molecule has 1 fully saturated rings. The van der Waals surface area contributed by atoms with E-state index in [1.807, 2.05) is 6.92 Å². The summed E-state index contributed by atoms with van der Waals surface area (Å²) in [4.78, 5) is 12.2. The summed E-state index contributed by atoms with van der Waals surface area (Å²) in [6.07, 6.45) is 0.574. The molecule has 0 unspecified atom stereocenters. The molecule has 1 aliphatic rings. The zero-order valence-electron chi connectivity index (χ0n) is 11.7. The van der Waals surface area contributed by atoms with Crippen LogP contribution in [0.15, 0.2) is 18.2 Å². The molecule has 110 valence electrons. The quantitative estimate of drug-likeness (QED) is 0.913. The number of halogens is 2. The molecule has 1 aliphatic carbocycles. The lowest BCUT2D eigenvalue weighted by Gasteiger charge is -2.06. The average molecular weight is 291 g/mol. The van der Waals surface area contributed by atoms with E-state index in [0.29, 0.717) is 23.4 Å². The Hall–Kier alpha value is -2.24. The number of rotatable bonds is 3. The van der Waals surface area contributed by atoms with E-state index in [1.165, 1.54) is 12.1 Å². The number of H-pyrrole nitrogens is 1. The number of hydrogen-bond donors (Lipinski definition) is 2. The number of amides is 1. The maximum Gasteiger partial charge on any atom is 0.228 e. The third kappa shape index (κ3) is 2.53. The summed E-state index contributed by atoms with van der Waals surface area (Å²) in [5, 5.41) is 9.62. The van der Waals surface area contributed by atoms with Gasteiger partial charge in [-0.05, 0) is 37.8 Å². The zero-order chi connectivity index (χ0) is 15.1. The van der Waals surface area contributed by atoms with Crippen molar-refractivity contribution in [2.24, 2.45) is 5.92 Å². The Bertz CT molecular complexity index is 691. The number of carbonyl (C=O) groups is 1. The standard InChI is InChI=1S/C15H15F2N3O/c1-7-14(8(2)20-19-7)18-15(21)12-6-11(12)10-4-3-9(16)5-13(10)17/h3-5,11-12H,6H2,1-2H3,(H,18,21)(H,19,20)/t11-,12+/m0/s1. The molecule has 21 heavy (non-hydrogen) atoms. The first-order valence-corrected chi connectivity index (χ1v) is 6.74. The maximum atomic E-state index is 13.7. The van der Waals surface area contributed by atoms with Crippen molar-refractivity contribution in [1.29, 1.82) is 0 Å². The number of carbonyl (C=O) groups excluding carboxylic acids is 1. The van der Waals surface area contributed by atoms with Crippen molar-refractivity contribution in [1.82, 2.24) is 10.2 Å². The highest BCUT2D eigenvalue weighted by Crippen LogP contribution is 2.49. The molecule has 3 rings (SSSR count). The summed E-state index contributed by atoms with van der Waals surface area (Å²) in [6, 6.07) is 3.49. The van der Waals surface area contributed by atoms with Crippen LogP contribution in [-0.4, -0.2) is 16.1 Å². The Balaban J connectivity index is 1.71. The van der Waals surface area contributed by atoms with E-state index in [2.05, 4.69) is 15.5 Å². The van der Waals surface area contributed by atoms with Gasteiger partial charge < -0.3 is 5.32 Å². The molecule has 2 N–H and O–H groups in total. The molecule has 0 bridgehead atoms. The van der Waals surface area contributed by atoms with Crippen molar-refractivity contribution < 1.29 is 13.6 Å². The number of anilines is 1. The number of aromatic amines is 1. The lowest BCUT2D eigenvalue weighted by Crippen LogP contribution is -2.15. The van der Waals surface area contributed by atoms with Crippen molar-refractivity contribution >= 4 is 11.6 Å². The van der Waals surface area contributed by atoms with E-state index in [-0.39, 0.29) is 17.7 Å². The van der Waals surface area contributed by atoms with E-state index < -0.39 is 11.6 Å². The van der Waals surface area contributed by atoms with Gasteiger partial charge in [0, 0.05) is 12.0 Å². The summed E-state index contributed by atoms with van der Waals surface area (Å²) in [5.41, 5.74) is 2.57. The maximum absolute atomic E-state index is 13.7. The van der Waals surface area contributed by atoms with Gasteiger partial charge in [0.25, 0.3) is 0 Å². The van der Waals surface area contributed by atoms with Crippen LogP contribution in [0.3, 0.4) is 0 Å². The van der Waals surface area contributed by atoms with Crippen molar-refractivity contribution in [2.75, 3.05) is 5.32 Å². The van der Waals surface area contributed by atoms with Crippen LogP contribution in [-0.2, 0) is 4.79 Å². The predicted molar refractivity (Wildman–Crippen MR) is 73.9 cm³/mol. The average Bonchev–Trinajstić information content (AvgIpc) is 3.15. The van der Waals surface area contributed by atoms with E-state index in [1.54, 1.807) is 6.92 Å². The van der Waals surface area contributed by atoms with Gasteiger partial charge in [-0.15, -0.1) is 0 Å². The molecule has 0 radical (unpaired) electrons. The van der Waals surface area contributed by atoms with Crippen molar-refractivity contribution in [2.45, 2.75) is 26.2 Å². The minimum absolute atomic E-state index is 0.156. The lowest BCUT2D eigenvalue weighted by molar-refractivity contribution is -0.117. The van der Waals surface area contributed by atoms with E-state index in [9.17, 15) is 13.6 Å². The van der Waals surface area contributed by atoms with Gasteiger partial charge >= 0.3 is 0 Å². The lowest BCUT2D eigenvalue weighted by atomic mass is 10.1. The molecule has 0 spiro atoms. The monoisotopic (exact) mass is 291 g/mol. The summed E-state index contributed by atoms with van der Waals surface area (Å²) in [7, 11) is 0. The Kier molecular flexibility index (Phi) is 3.23. The van der Waals surface area contributed by atoms with Gasteiger partial charge in [-0.25, -0.2) is 8.78 Å². The third-order valence-corrected chi connectivity index (χ3v) is 3.87. The number of aryl methyl sites for hydroxylation is 2. The van der Waals surface area contributed by atoms with Gasteiger partial charge in [0.2, 0.25) is 5.91 Å². The van der Waals surface area contributed by atoms with Gasteiger partial charge in [-0.1, -0.05) is 6.07 Å². The number of benzene rings is 1. The first-order valence-electron chi connectivity index (χ1n) is 6.74. The molecule has 2 atom stereocenters. The van der Waals surface area contributed by atoms with Gasteiger partial charge in [0.05, 0.1) is 17.1 Å². The fourth-order valence-corrected chi connectivity index (χ4v) is 2.58. The Morgan fingerprint density at radius 3 is 2.76 bits per heavy atom. The van der Waals surface area contributed by atoms with Gasteiger partial charge in [-0.2, -0.15) is 5.10 Å². The second-order valence-corrected chi connectivity index (χ2v) is 5.41. The smallest absolute Gasteiger partial charge is 0.228 e. The molecule has 6 heteroatoms. The van der Waals surface area contributed by atoms with Crippen molar-refractivity contribution in [3.05, 3.63) is 46.8 Å². The van der Waals surface area contributed by atoms with Crippen LogP contribution < -0.4 is 5.32 Å². The minimum atomic E-state index is -0.609. The van der Waals surface area contributed by atoms with Crippen molar-refractivity contribution in [3.63, 3.8) is 0 Å². The SMILES string of the molecule is Cc1n[nH]c(C)c1NC(=O)[C@@H]1C[C@H]1c1ccc(F)cc1F. The van der Waals surface area contributed by atoms with Crippen LogP contribution in [0.5, 0.6) is 0 Å². The van der Waals surface area contributed by atoms with E-state index in [4.69, 9.17) is 0 Å². The number of nitrogens with one attached hydrogen (secondary N) is 2. The molecular formula is C15H15F2N3O. The van der Waals surface area contributed by atoms with Crippen LogP contribution in [0.1, 0.15) is 29.3 Å². The summed E-state index contributed by atoms with van der Waals surface area (Å²) in [5.74, 6) is -1.82. The number of hydrogen-bond acceptors (Lipinski definition) is 2. The van der Waals surface area contributed by atoms with E-state index >= 15 is 0 Å². The molecule has 2 aromatic rings. The van der Waals surface area contributed by atoms with Gasteiger partial charge in [0.1, 0.15) is 11.6 Å². The molecule has 0 aliphatic heterocycles. The van der Waals surface area contributed by atoms with Gasteiger partial charge in [-0.3, -0.25) is 9.89 Å². The molecule has 1 aromatic heterocycles. The first-order chi connectivity index (χ1) is 9.97. The number of aromatic nitrogens is 2. The second kappa shape index (κ2) is 4.95. The van der Waals surface area contributed by atoms with Crippen LogP contribution in [0.25, 0.3) is 0 Å². The second-order valence-electron chi connectivity index (χ2n) is 5.41. The molecule has 4 nitrogen and oxygen atoms in total. The predicted octanol–water partition coefficient (Wildman–Crippen LogP) is 3.05. The molecular weight excluding hydrogens is 276 g/mol. The highest BCUT2D eigenvalue weighted by molar-refractivity contribution is 5.96. The number of nitrogens with zero attached hydrogens (tertiary/aromatic N) is 1. The van der Waals surface area contributed by atoms with Crippen LogP contribution in [0.4, 0.5) is 14.5 Å². The molecule has 0 saturated heterocycles. The molecule has 1 aromatic carbocycles. The summed E-state index contributed by atoms with van der Waals surface area (Å²) >= 11 is 0. The zero-order valence-corrected chi connectivity index (χ0v) is 11.7. The molecule has 1 amide bonds. The minimum Gasteiger partial charge on any atom is -0.323 e. The third-order valence-electron chi connectivity index (χ3n) is 3.87. The fraction of sp³-hybridized carbons (Fsp3) is 0.333. The largest absolute Gasteiger partial charge is 0.323 e. The van der Waals surface area contributed by atoms with Gasteiger partial charge in [0.15, 0.2) is 0 Å². The molecule has 1 saturated carbocycles. The fourth-order valence-electron chi connectivity index (χ4n) is 2.58. The summed E-state index contributed by atoms with van der Waals surface area (Å²) < 4.78 is 26.6. The topological polar surface area (TPSA) is 57.8 Å². The van der Waals surface area contributed by atoms with Crippen molar-refractivity contribution in [3.8, 4) is 0 Å². The molecule has 1 heterocycles. The van der Waals surface area contributed by atoms with E-state index in [0.717, 1.165) is 11.8 Å². The van der Waals surface area contributed by atoms with Crippen LogP contribution >= 0.6 is 0 Å². The Morgan fingerprint density at radius 2 is 2.14 bits per heavy atom. The highest BCUT2D eigenvalue weighted by atomic mass is 19.1.